The van der Waals surface area contributed by atoms with Crippen LogP contribution in [-0.4, -0.2) is 58.4 Å². The molecule has 3 aromatic carbocycles. The summed E-state index contributed by atoms with van der Waals surface area (Å²) in [5.74, 6) is 0.520. The van der Waals surface area contributed by atoms with Crippen molar-refractivity contribution in [3.05, 3.63) is 103 Å². The minimum absolute atomic E-state index is 0.0362. The van der Waals surface area contributed by atoms with Gasteiger partial charge in [-0.2, -0.15) is 0 Å². The highest BCUT2D eigenvalue weighted by molar-refractivity contribution is 6.04. The molecule has 0 spiro atoms. The van der Waals surface area contributed by atoms with Gasteiger partial charge in [-0.05, 0) is 66.6 Å². The van der Waals surface area contributed by atoms with Gasteiger partial charge in [-0.15, -0.1) is 0 Å². The second kappa shape index (κ2) is 11.3. The van der Waals surface area contributed by atoms with Gasteiger partial charge in [0.25, 0.3) is 5.91 Å². The van der Waals surface area contributed by atoms with Gasteiger partial charge in [0.1, 0.15) is 0 Å². The monoisotopic (exact) mass is 559 g/mol. The molecular weight excluding hydrogens is 522 g/mol. The summed E-state index contributed by atoms with van der Waals surface area (Å²) in [5.41, 5.74) is 7.13. The molecule has 6 rings (SSSR count). The first-order chi connectivity index (χ1) is 20.2. The maximum atomic E-state index is 13.0. The molecule has 0 atom stereocenters. The van der Waals surface area contributed by atoms with Crippen LogP contribution in [0, 0.1) is 0 Å². The van der Waals surface area contributed by atoms with Crippen molar-refractivity contribution in [2.45, 2.75) is 26.2 Å². The van der Waals surface area contributed by atoms with Crippen molar-refractivity contribution in [2.75, 3.05) is 48.8 Å². The third-order valence-electron chi connectivity index (χ3n) is 7.80. The van der Waals surface area contributed by atoms with Crippen LogP contribution in [0.1, 0.15) is 36.7 Å². The Labute approximate surface area is 247 Å². The van der Waals surface area contributed by atoms with E-state index in [0.29, 0.717) is 17.1 Å². The van der Waals surface area contributed by atoms with Crippen LogP contribution in [0.5, 0.6) is 0 Å². The Bertz CT molecular complexity index is 1690. The Morgan fingerprint density at radius 2 is 1.62 bits per heavy atom. The van der Waals surface area contributed by atoms with Gasteiger partial charge in [-0.3, -0.25) is 4.79 Å². The van der Waals surface area contributed by atoms with Crippen LogP contribution >= 0.6 is 0 Å². The third-order valence-corrected chi connectivity index (χ3v) is 7.80. The molecule has 1 amide bonds. The fraction of sp³-hybridized carbons (Fsp3) is 0.265. The van der Waals surface area contributed by atoms with E-state index in [1.54, 1.807) is 6.20 Å². The number of nitrogens with one attached hydrogen (secondary N) is 2. The van der Waals surface area contributed by atoms with Crippen LogP contribution in [0.25, 0.3) is 16.9 Å². The molecule has 1 aliphatic rings. The summed E-state index contributed by atoms with van der Waals surface area (Å²) in [6, 6.07) is 24.0. The van der Waals surface area contributed by atoms with Crippen molar-refractivity contribution < 1.29 is 4.79 Å². The zero-order valence-electron chi connectivity index (χ0n) is 24.6. The Morgan fingerprint density at radius 3 is 2.33 bits per heavy atom. The number of nitrogens with zero attached hydrogens (tertiary/aromatic N) is 5. The molecular formula is C34H37N7O. The van der Waals surface area contributed by atoms with Gasteiger partial charge in [0.05, 0.1) is 5.69 Å². The number of imidazole rings is 1. The lowest BCUT2D eigenvalue weighted by molar-refractivity contribution is 0.102. The summed E-state index contributed by atoms with van der Waals surface area (Å²) in [6.07, 6.45) is 5.63. The summed E-state index contributed by atoms with van der Waals surface area (Å²) >= 11 is 0. The molecule has 0 saturated carbocycles. The molecule has 8 nitrogen and oxygen atoms in total. The van der Waals surface area contributed by atoms with E-state index >= 15 is 0 Å². The van der Waals surface area contributed by atoms with Gasteiger partial charge in [0, 0.05) is 73.0 Å². The molecule has 5 aromatic rings. The number of piperazine rings is 1. The molecule has 2 N–H and O–H groups in total. The van der Waals surface area contributed by atoms with Crippen LogP contribution in [0.3, 0.4) is 0 Å². The maximum absolute atomic E-state index is 13.0. The number of rotatable bonds is 6. The highest BCUT2D eigenvalue weighted by atomic mass is 16.1. The summed E-state index contributed by atoms with van der Waals surface area (Å²) in [4.78, 5) is 27.3. The van der Waals surface area contributed by atoms with Crippen molar-refractivity contribution in [1.82, 2.24) is 19.3 Å². The van der Waals surface area contributed by atoms with E-state index in [4.69, 9.17) is 4.98 Å². The number of hydrogen-bond donors (Lipinski definition) is 2. The third kappa shape index (κ3) is 5.99. The molecule has 1 saturated heterocycles. The summed E-state index contributed by atoms with van der Waals surface area (Å²) in [7, 11) is 2.17. The summed E-state index contributed by atoms with van der Waals surface area (Å²) in [5, 5.41) is 6.51. The van der Waals surface area contributed by atoms with E-state index in [2.05, 4.69) is 77.5 Å². The number of benzene rings is 3. The number of fused-ring (bicyclic) bond motifs is 1. The number of hydrogen-bond acceptors (Lipinski definition) is 6. The average Bonchev–Trinajstić information content (AvgIpc) is 3.47. The normalized spacial score (nSPS) is 14.2. The van der Waals surface area contributed by atoms with Gasteiger partial charge in [0.2, 0.25) is 0 Å². The lowest BCUT2D eigenvalue weighted by atomic mass is 9.87. The zero-order valence-corrected chi connectivity index (χ0v) is 24.6. The molecule has 42 heavy (non-hydrogen) atoms. The van der Waals surface area contributed by atoms with Gasteiger partial charge >= 0.3 is 0 Å². The molecule has 0 radical (unpaired) electrons. The smallest absolute Gasteiger partial charge is 0.255 e. The molecule has 1 fully saturated rings. The van der Waals surface area contributed by atoms with Gasteiger partial charge < -0.3 is 24.8 Å². The number of carbonyl (C=O) groups excluding carboxylic acids is 1. The Kier molecular flexibility index (Phi) is 7.39. The molecule has 2 aromatic heterocycles. The largest absolute Gasteiger partial charge is 0.369 e. The predicted octanol–water partition coefficient (Wildman–Crippen LogP) is 6.44. The van der Waals surface area contributed by atoms with Crippen LogP contribution < -0.4 is 15.5 Å². The van der Waals surface area contributed by atoms with E-state index in [1.165, 1.54) is 11.3 Å². The lowest BCUT2D eigenvalue weighted by Gasteiger charge is -2.34. The molecule has 3 heterocycles. The van der Waals surface area contributed by atoms with Gasteiger partial charge in [-0.25, -0.2) is 9.97 Å². The number of likely N-dealkylation sites (N-methyl/N-ethyl adjacent to an activating group) is 1. The first-order valence-electron chi connectivity index (χ1n) is 14.4. The van der Waals surface area contributed by atoms with Crippen molar-refractivity contribution in [3.8, 4) is 11.3 Å². The van der Waals surface area contributed by atoms with Crippen molar-refractivity contribution >= 4 is 34.4 Å². The Balaban J connectivity index is 1.21. The molecule has 214 valence electrons. The molecule has 1 aliphatic heterocycles. The molecule has 0 aliphatic carbocycles. The first kappa shape index (κ1) is 27.5. The predicted molar refractivity (Wildman–Crippen MR) is 171 cm³/mol. The van der Waals surface area contributed by atoms with E-state index in [0.717, 1.165) is 48.8 Å². The Morgan fingerprint density at radius 1 is 0.881 bits per heavy atom. The van der Waals surface area contributed by atoms with E-state index in [-0.39, 0.29) is 11.3 Å². The summed E-state index contributed by atoms with van der Waals surface area (Å²) in [6.45, 7) is 10.7. The number of aromatic nitrogens is 3. The minimum atomic E-state index is -0.145. The zero-order chi connectivity index (χ0) is 29.3. The second-order valence-electron chi connectivity index (χ2n) is 12.0. The Hall–Kier alpha value is -4.69. The summed E-state index contributed by atoms with van der Waals surface area (Å²) < 4.78 is 1.96. The topological polar surface area (TPSA) is 77.8 Å². The number of amides is 1. The van der Waals surface area contributed by atoms with Crippen molar-refractivity contribution in [3.63, 3.8) is 0 Å². The van der Waals surface area contributed by atoms with Crippen molar-refractivity contribution in [2.24, 2.45) is 0 Å². The maximum Gasteiger partial charge on any atom is 0.255 e. The highest BCUT2D eigenvalue weighted by Crippen LogP contribution is 2.28. The molecule has 0 unspecified atom stereocenters. The first-order valence-corrected chi connectivity index (χ1v) is 14.4. The van der Waals surface area contributed by atoms with Gasteiger partial charge in [0.15, 0.2) is 11.5 Å². The molecule has 8 heteroatoms. The van der Waals surface area contributed by atoms with Crippen LogP contribution in [0.4, 0.5) is 22.9 Å². The minimum Gasteiger partial charge on any atom is -0.369 e. The van der Waals surface area contributed by atoms with Crippen LogP contribution in [0.2, 0.25) is 0 Å². The SMILES string of the molecule is CN1CCN(c2ccc(Nc3nc(-c4cccc(NC(=O)c5ccc(C(C)(C)C)cc5)c4)cn4ccnc34)cc2)CC1. The van der Waals surface area contributed by atoms with E-state index in [9.17, 15) is 4.79 Å². The van der Waals surface area contributed by atoms with E-state index in [1.807, 2.05) is 65.3 Å². The van der Waals surface area contributed by atoms with Crippen molar-refractivity contribution in [1.29, 1.82) is 0 Å². The van der Waals surface area contributed by atoms with Gasteiger partial charge in [-0.1, -0.05) is 45.0 Å². The van der Waals surface area contributed by atoms with Crippen LogP contribution in [-0.2, 0) is 5.41 Å². The lowest BCUT2D eigenvalue weighted by Crippen LogP contribution is -2.44. The fourth-order valence-corrected chi connectivity index (χ4v) is 5.19. The number of carbonyl (C=O) groups is 1. The fourth-order valence-electron chi connectivity index (χ4n) is 5.19. The number of anilines is 4. The molecule has 0 bridgehead atoms. The highest BCUT2D eigenvalue weighted by Gasteiger charge is 2.16. The van der Waals surface area contributed by atoms with Crippen LogP contribution in [0.15, 0.2) is 91.4 Å². The second-order valence-corrected chi connectivity index (χ2v) is 12.0. The van der Waals surface area contributed by atoms with E-state index < -0.39 is 0 Å². The average molecular weight is 560 g/mol. The standard InChI is InChI=1S/C34H37N7O/c1-34(2,3)26-10-8-24(9-11-26)33(42)37-28-7-5-6-25(22-28)30-23-41-17-16-35-32(41)31(38-30)36-27-12-14-29(15-13-27)40-20-18-39(4)19-21-40/h5-17,22-23H,18-21H2,1-4H3,(H,36,38)(H,37,42). The quantitative estimate of drug-likeness (QED) is 0.249.